The fraction of sp³-hybridized carbons (Fsp3) is 0.176. The van der Waals surface area contributed by atoms with Crippen LogP contribution in [0.1, 0.15) is 24.4 Å². The van der Waals surface area contributed by atoms with E-state index in [4.69, 9.17) is 11.6 Å². The number of carbonyl (C=O) groups excluding carboxylic acids is 1. The van der Waals surface area contributed by atoms with Gasteiger partial charge in [0, 0.05) is 30.5 Å². The van der Waals surface area contributed by atoms with Gasteiger partial charge < -0.3 is 9.88 Å². The van der Waals surface area contributed by atoms with Gasteiger partial charge in [-0.2, -0.15) is 0 Å². The van der Waals surface area contributed by atoms with Gasteiger partial charge in [0.25, 0.3) is 0 Å². The Labute approximate surface area is 135 Å². The minimum absolute atomic E-state index is 0.180. The first-order valence-corrected chi connectivity index (χ1v) is 7.32. The lowest BCUT2D eigenvalue weighted by atomic mass is 10.1. The maximum atomic E-state index is 12.1. The summed E-state index contributed by atoms with van der Waals surface area (Å²) in [6, 6.07) is 7.04. The monoisotopic (exact) mass is 315 g/mol. The molecule has 4 nitrogen and oxygen atoms in total. The molecule has 1 atom stereocenters. The number of amides is 1. The van der Waals surface area contributed by atoms with Crippen LogP contribution in [0.15, 0.2) is 61.0 Å². The third kappa shape index (κ3) is 4.09. The first-order chi connectivity index (χ1) is 10.6. The molecular weight excluding hydrogens is 298 g/mol. The Morgan fingerprint density at radius 2 is 2.05 bits per heavy atom. The highest BCUT2D eigenvalue weighted by molar-refractivity contribution is 6.30. The van der Waals surface area contributed by atoms with E-state index in [1.807, 2.05) is 42.9 Å². The van der Waals surface area contributed by atoms with E-state index < -0.39 is 0 Å². The van der Waals surface area contributed by atoms with Crippen LogP contribution >= 0.6 is 11.6 Å². The molecule has 0 aliphatic heterocycles. The molecule has 1 aromatic heterocycles. The van der Waals surface area contributed by atoms with Gasteiger partial charge in [-0.15, -0.1) is 0 Å². The first-order valence-electron chi connectivity index (χ1n) is 6.94. The van der Waals surface area contributed by atoms with Crippen LogP contribution in [-0.2, 0) is 11.8 Å². The van der Waals surface area contributed by atoms with E-state index in [1.165, 1.54) is 6.08 Å². The lowest BCUT2D eigenvalue weighted by molar-refractivity contribution is -0.117. The molecule has 0 fully saturated rings. The average Bonchev–Trinajstić information content (AvgIpc) is 2.92. The van der Waals surface area contributed by atoms with Gasteiger partial charge in [-0.05, 0) is 24.6 Å². The number of carbonyl (C=O) groups is 1. The van der Waals surface area contributed by atoms with Crippen LogP contribution < -0.4 is 5.32 Å². The molecule has 1 amide bonds. The van der Waals surface area contributed by atoms with E-state index in [1.54, 1.807) is 30.5 Å². The number of aryl methyl sites for hydroxylation is 1. The second-order valence-corrected chi connectivity index (χ2v) is 5.21. The van der Waals surface area contributed by atoms with E-state index >= 15 is 0 Å². The number of benzene rings is 1. The molecule has 0 aliphatic rings. The second kappa shape index (κ2) is 7.61. The van der Waals surface area contributed by atoms with E-state index in [9.17, 15) is 4.79 Å². The SMILES string of the molecule is C/C=C/C=C/C(=O)NC(c1ccc(Cl)cc1)c1nccn1C. The number of imidazole rings is 1. The minimum atomic E-state index is -0.333. The van der Waals surface area contributed by atoms with Crippen molar-refractivity contribution in [2.24, 2.45) is 7.05 Å². The van der Waals surface area contributed by atoms with Crippen molar-refractivity contribution in [3.8, 4) is 0 Å². The smallest absolute Gasteiger partial charge is 0.244 e. The number of nitrogens with one attached hydrogen (secondary N) is 1. The summed E-state index contributed by atoms with van der Waals surface area (Å²) in [5, 5.41) is 3.62. The molecule has 2 aromatic rings. The maximum Gasteiger partial charge on any atom is 0.244 e. The Kier molecular flexibility index (Phi) is 5.55. The third-order valence-corrected chi connectivity index (χ3v) is 3.41. The van der Waals surface area contributed by atoms with Crippen LogP contribution in [0, 0.1) is 0 Å². The van der Waals surface area contributed by atoms with Gasteiger partial charge in [0.15, 0.2) is 0 Å². The summed E-state index contributed by atoms with van der Waals surface area (Å²) in [6.07, 6.45) is 10.4. The molecule has 2 rings (SSSR count). The summed E-state index contributed by atoms with van der Waals surface area (Å²) < 4.78 is 1.88. The lowest BCUT2D eigenvalue weighted by Crippen LogP contribution is -2.29. The van der Waals surface area contributed by atoms with Gasteiger partial charge in [0.2, 0.25) is 5.91 Å². The quantitative estimate of drug-likeness (QED) is 0.679. The van der Waals surface area contributed by atoms with E-state index in [0.717, 1.165) is 11.4 Å². The van der Waals surface area contributed by atoms with Gasteiger partial charge in [-0.25, -0.2) is 4.98 Å². The van der Waals surface area contributed by atoms with Crippen LogP contribution in [0.2, 0.25) is 5.02 Å². The van der Waals surface area contributed by atoms with E-state index in [-0.39, 0.29) is 11.9 Å². The highest BCUT2D eigenvalue weighted by atomic mass is 35.5. The zero-order chi connectivity index (χ0) is 15.9. The highest BCUT2D eigenvalue weighted by Crippen LogP contribution is 2.22. The number of hydrogen-bond donors (Lipinski definition) is 1. The maximum absolute atomic E-state index is 12.1. The van der Waals surface area contributed by atoms with Crippen LogP contribution in [-0.4, -0.2) is 15.5 Å². The summed E-state index contributed by atoms with van der Waals surface area (Å²) in [5.74, 6) is 0.580. The molecule has 0 radical (unpaired) electrons. The van der Waals surface area contributed by atoms with Gasteiger partial charge in [-0.1, -0.05) is 42.0 Å². The Morgan fingerprint density at radius 1 is 1.32 bits per heavy atom. The number of rotatable bonds is 5. The standard InChI is InChI=1S/C17H18ClN3O/c1-3-4-5-6-15(22)20-16(17-19-11-12-21(17)2)13-7-9-14(18)10-8-13/h3-12,16H,1-2H3,(H,20,22)/b4-3+,6-5+. The van der Waals surface area contributed by atoms with Crippen molar-refractivity contribution in [3.63, 3.8) is 0 Å². The molecule has 1 N–H and O–H groups in total. The molecule has 1 unspecified atom stereocenters. The Balaban J connectivity index is 2.28. The molecule has 0 saturated heterocycles. The van der Waals surface area contributed by atoms with Crippen LogP contribution in [0.5, 0.6) is 0 Å². The minimum Gasteiger partial charge on any atom is -0.339 e. The predicted octanol–water partition coefficient (Wildman–Crippen LogP) is 3.41. The van der Waals surface area contributed by atoms with Crippen molar-refractivity contribution in [3.05, 3.63) is 77.4 Å². The van der Waals surface area contributed by atoms with E-state index in [0.29, 0.717) is 5.02 Å². The van der Waals surface area contributed by atoms with Gasteiger partial charge in [0.1, 0.15) is 11.9 Å². The summed E-state index contributed by atoms with van der Waals surface area (Å²) in [4.78, 5) is 16.4. The summed E-state index contributed by atoms with van der Waals surface area (Å²) >= 11 is 5.94. The topological polar surface area (TPSA) is 46.9 Å². The normalized spacial score (nSPS) is 12.9. The van der Waals surface area contributed by atoms with Gasteiger partial charge >= 0.3 is 0 Å². The van der Waals surface area contributed by atoms with Crippen molar-refractivity contribution in [2.75, 3.05) is 0 Å². The Hall–Kier alpha value is -2.33. The third-order valence-electron chi connectivity index (χ3n) is 3.16. The predicted molar refractivity (Wildman–Crippen MR) is 88.6 cm³/mol. The molecule has 0 bridgehead atoms. The summed E-state index contributed by atoms with van der Waals surface area (Å²) in [5.41, 5.74) is 0.923. The largest absolute Gasteiger partial charge is 0.339 e. The molecule has 114 valence electrons. The number of allylic oxidation sites excluding steroid dienone is 3. The molecule has 5 heteroatoms. The molecule has 1 aromatic carbocycles. The lowest BCUT2D eigenvalue weighted by Gasteiger charge is -2.18. The zero-order valence-corrected chi connectivity index (χ0v) is 13.3. The van der Waals surface area contributed by atoms with Crippen LogP contribution in [0.25, 0.3) is 0 Å². The Bertz CT molecular complexity index is 686. The summed E-state index contributed by atoms with van der Waals surface area (Å²) in [7, 11) is 1.90. The van der Waals surface area contributed by atoms with Crippen LogP contribution in [0.3, 0.4) is 0 Å². The van der Waals surface area contributed by atoms with Crippen molar-refractivity contribution >= 4 is 17.5 Å². The number of hydrogen-bond acceptors (Lipinski definition) is 2. The van der Waals surface area contributed by atoms with Crippen molar-refractivity contribution in [2.45, 2.75) is 13.0 Å². The number of aromatic nitrogens is 2. The molecular formula is C17H18ClN3O. The average molecular weight is 316 g/mol. The second-order valence-electron chi connectivity index (χ2n) is 4.77. The highest BCUT2D eigenvalue weighted by Gasteiger charge is 2.19. The molecule has 22 heavy (non-hydrogen) atoms. The number of nitrogens with zero attached hydrogens (tertiary/aromatic N) is 2. The fourth-order valence-corrected chi connectivity index (χ4v) is 2.18. The number of halogens is 1. The van der Waals surface area contributed by atoms with E-state index in [2.05, 4.69) is 10.3 Å². The Morgan fingerprint density at radius 3 is 2.64 bits per heavy atom. The molecule has 0 spiro atoms. The summed E-state index contributed by atoms with van der Waals surface area (Å²) in [6.45, 7) is 1.90. The molecule has 0 aliphatic carbocycles. The van der Waals surface area contributed by atoms with Crippen molar-refractivity contribution < 1.29 is 4.79 Å². The molecule has 0 saturated carbocycles. The fourth-order valence-electron chi connectivity index (χ4n) is 2.05. The van der Waals surface area contributed by atoms with Crippen LogP contribution in [0.4, 0.5) is 0 Å². The van der Waals surface area contributed by atoms with Crippen molar-refractivity contribution in [1.82, 2.24) is 14.9 Å². The van der Waals surface area contributed by atoms with Gasteiger partial charge in [-0.3, -0.25) is 4.79 Å². The van der Waals surface area contributed by atoms with Crippen molar-refractivity contribution in [1.29, 1.82) is 0 Å². The van der Waals surface area contributed by atoms with Gasteiger partial charge in [0.05, 0.1) is 0 Å². The first kappa shape index (κ1) is 16.0. The zero-order valence-electron chi connectivity index (χ0n) is 12.5. The molecule has 1 heterocycles.